The zero-order valence-corrected chi connectivity index (χ0v) is 8.30. The number of hydrogen-bond acceptors (Lipinski definition) is 3. The molecule has 0 atom stereocenters. The van der Waals surface area contributed by atoms with Crippen molar-refractivity contribution in [2.45, 2.75) is 0 Å². The zero-order valence-electron chi connectivity index (χ0n) is 5.96. The number of nitrogens with two attached hydrogens (primary N) is 1. The summed E-state index contributed by atoms with van der Waals surface area (Å²) in [5, 5.41) is 13.1. The second-order valence-corrected chi connectivity index (χ2v) is 3.27. The van der Waals surface area contributed by atoms with E-state index in [1.165, 1.54) is 12.3 Å². The number of halogens is 2. The number of phenolic OH excluding ortho intramolecular Hbond substituents is 1. The number of aromatic hydroxyl groups is 1. The van der Waals surface area contributed by atoms with Crippen LogP contribution in [0.15, 0.2) is 21.7 Å². The van der Waals surface area contributed by atoms with Gasteiger partial charge in [0.1, 0.15) is 5.75 Å². The first-order chi connectivity index (χ1) is 5.66. The lowest BCUT2D eigenvalue weighted by Crippen LogP contribution is -1.89. The summed E-state index contributed by atoms with van der Waals surface area (Å²) in [4.78, 5) is 0. The Labute approximate surface area is 83.0 Å². The number of phenols is 1. The third-order valence-corrected chi connectivity index (χ3v) is 2.71. The highest BCUT2D eigenvalue weighted by molar-refractivity contribution is 9.10. The molecular formula is C7H6BrClN2O. The molecule has 0 saturated carbocycles. The molecule has 0 bridgehead atoms. The lowest BCUT2D eigenvalue weighted by molar-refractivity contribution is 0.474. The van der Waals surface area contributed by atoms with Crippen LogP contribution in [0.4, 0.5) is 0 Å². The average molecular weight is 249 g/mol. The molecule has 0 saturated heterocycles. The van der Waals surface area contributed by atoms with Gasteiger partial charge in [0.2, 0.25) is 0 Å². The maximum atomic E-state index is 9.31. The van der Waals surface area contributed by atoms with Gasteiger partial charge in [-0.3, -0.25) is 0 Å². The molecule has 1 aromatic rings. The van der Waals surface area contributed by atoms with E-state index in [0.717, 1.165) is 0 Å². The average Bonchev–Trinajstić information content (AvgIpc) is 2.06. The molecule has 3 nitrogen and oxygen atoms in total. The molecule has 64 valence electrons. The topological polar surface area (TPSA) is 58.6 Å². The molecule has 0 radical (unpaired) electrons. The number of rotatable bonds is 1. The van der Waals surface area contributed by atoms with Crippen LogP contribution in [0.3, 0.4) is 0 Å². The van der Waals surface area contributed by atoms with Gasteiger partial charge in [0, 0.05) is 4.47 Å². The van der Waals surface area contributed by atoms with Crippen molar-refractivity contribution < 1.29 is 5.11 Å². The third-order valence-electron chi connectivity index (χ3n) is 1.31. The van der Waals surface area contributed by atoms with Gasteiger partial charge >= 0.3 is 0 Å². The normalized spacial score (nSPS) is 10.8. The molecule has 0 heterocycles. The molecule has 1 rings (SSSR count). The summed E-state index contributed by atoms with van der Waals surface area (Å²) in [7, 11) is 0. The van der Waals surface area contributed by atoms with E-state index < -0.39 is 0 Å². The quantitative estimate of drug-likeness (QED) is 0.455. The summed E-state index contributed by atoms with van der Waals surface area (Å²) in [5.74, 6) is 5.03. The lowest BCUT2D eigenvalue weighted by Gasteiger charge is -2.02. The van der Waals surface area contributed by atoms with Gasteiger partial charge in [0.25, 0.3) is 0 Å². The maximum Gasteiger partial charge on any atom is 0.125 e. The molecule has 0 aliphatic carbocycles. The molecule has 0 fully saturated rings. The predicted octanol–water partition coefficient (Wildman–Crippen LogP) is 2.10. The summed E-state index contributed by atoms with van der Waals surface area (Å²) >= 11 is 8.95. The number of hydrazone groups is 1. The summed E-state index contributed by atoms with van der Waals surface area (Å²) in [6, 6.07) is 3.05. The van der Waals surface area contributed by atoms with E-state index in [9.17, 15) is 5.11 Å². The van der Waals surface area contributed by atoms with Crippen molar-refractivity contribution in [3.05, 3.63) is 27.2 Å². The van der Waals surface area contributed by atoms with Crippen molar-refractivity contribution in [2.24, 2.45) is 10.9 Å². The van der Waals surface area contributed by atoms with E-state index >= 15 is 0 Å². The highest BCUT2D eigenvalue weighted by Gasteiger charge is 2.06. The van der Waals surface area contributed by atoms with Crippen molar-refractivity contribution in [3.63, 3.8) is 0 Å². The number of hydrogen-bond donors (Lipinski definition) is 2. The molecular weight excluding hydrogens is 243 g/mol. The van der Waals surface area contributed by atoms with Crippen LogP contribution in [0.1, 0.15) is 5.56 Å². The fraction of sp³-hybridized carbons (Fsp3) is 0. The molecule has 0 amide bonds. The van der Waals surface area contributed by atoms with Crippen LogP contribution in [0.25, 0.3) is 0 Å². The van der Waals surface area contributed by atoms with Crippen molar-refractivity contribution >= 4 is 33.7 Å². The lowest BCUT2D eigenvalue weighted by atomic mass is 10.2. The standard InChI is InChI=1S/C7H6BrClN2O/c8-7-4(3-11-10)6(12)2-1-5(7)9/h1-3,12H,10H2. The first-order valence-corrected chi connectivity index (χ1v) is 4.24. The summed E-state index contributed by atoms with van der Waals surface area (Å²) in [6.45, 7) is 0. The minimum absolute atomic E-state index is 0.0838. The highest BCUT2D eigenvalue weighted by Crippen LogP contribution is 2.31. The van der Waals surface area contributed by atoms with Crippen LogP contribution in [-0.2, 0) is 0 Å². The first-order valence-electron chi connectivity index (χ1n) is 3.07. The number of benzene rings is 1. The van der Waals surface area contributed by atoms with E-state index in [1.807, 2.05) is 0 Å². The third kappa shape index (κ3) is 1.70. The molecule has 12 heavy (non-hydrogen) atoms. The Hall–Kier alpha value is -0.740. The SMILES string of the molecule is NN=Cc1c(O)ccc(Cl)c1Br. The fourth-order valence-corrected chi connectivity index (χ4v) is 1.36. The Morgan fingerprint density at radius 2 is 2.25 bits per heavy atom. The summed E-state index contributed by atoms with van der Waals surface area (Å²) in [6.07, 6.45) is 1.32. The van der Waals surface area contributed by atoms with Gasteiger partial charge in [-0.25, -0.2) is 0 Å². The van der Waals surface area contributed by atoms with Gasteiger partial charge in [-0.1, -0.05) is 11.6 Å². The van der Waals surface area contributed by atoms with Crippen molar-refractivity contribution in [1.29, 1.82) is 0 Å². The van der Waals surface area contributed by atoms with Crippen LogP contribution in [0.5, 0.6) is 5.75 Å². The highest BCUT2D eigenvalue weighted by atomic mass is 79.9. The van der Waals surface area contributed by atoms with Gasteiger partial charge in [-0.2, -0.15) is 5.10 Å². The molecule has 0 aliphatic rings. The minimum atomic E-state index is 0.0838. The van der Waals surface area contributed by atoms with Gasteiger partial charge < -0.3 is 10.9 Å². The van der Waals surface area contributed by atoms with Crippen LogP contribution in [-0.4, -0.2) is 11.3 Å². The van der Waals surface area contributed by atoms with E-state index in [0.29, 0.717) is 15.1 Å². The largest absolute Gasteiger partial charge is 0.507 e. The Bertz CT molecular complexity index is 327. The summed E-state index contributed by atoms with van der Waals surface area (Å²) in [5.41, 5.74) is 0.477. The Kier molecular flexibility index (Phi) is 2.94. The summed E-state index contributed by atoms with van der Waals surface area (Å²) < 4.78 is 0.582. The predicted molar refractivity (Wildman–Crippen MR) is 52.6 cm³/mol. The molecule has 0 unspecified atom stereocenters. The Balaban J connectivity index is 3.32. The number of nitrogens with zero attached hydrogens (tertiary/aromatic N) is 1. The van der Waals surface area contributed by atoms with E-state index in [-0.39, 0.29) is 5.75 Å². The maximum absolute atomic E-state index is 9.31. The Morgan fingerprint density at radius 3 is 2.83 bits per heavy atom. The van der Waals surface area contributed by atoms with Crippen molar-refractivity contribution in [1.82, 2.24) is 0 Å². The van der Waals surface area contributed by atoms with E-state index in [1.54, 1.807) is 6.07 Å². The van der Waals surface area contributed by atoms with Crippen LogP contribution < -0.4 is 5.84 Å². The van der Waals surface area contributed by atoms with E-state index in [2.05, 4.69) is 21.0 Å². The van der Waals surface area contributed by atoms with Crippen LogP contribution in [0.2, 0.25) is 5.02 Å². The van der Waals surface area contributed by atoms with Crippen LogP contribution in [0, 0.1) is 0 Å². The molecule has 0 aliphatic heterocycles. The van der Waals surface area contributed by atoms with Crippen molar-refractivity contribution in [2.75, 3.05) is 0 Å². The van der Waals surface area contributed by atoms with E-state index in [4.69, 9.17) is 17.4 Å². The second-order valence-electron chi connectivity index (χ2n) is 2.07. The second kappa shape index (κ2) is 3.78. The molecule has 0 aromatic heterocycles. The smallest absolute Gasteiger partial charge is 0.125 e. The van der Waals surface area contributed by atoms with Crippen LogP contribution >= 0.6 is 27.5 Å². The van der Waals surface area contributed by atoms with Gasteiger partial charge in [0.15, 0.2) is 0 Å². The molecule has 1 aromatic carbocycles. The van der Waals surface area contributed by atoms with Gasteiger partial charge in [-0.05, 0) is 28.1 Å². The molecule has 0 spiro atoms. The van der Waals surface area contributed by atoms with Crippen molar-refractivity contribution in [3.8, 4) is 5.75 Å². The Morgan fingerprint density at radius 1 is 1.58 bits per heavy atom. The minimum Gasteiger partial charge on any atom is -0.507 e. The molecule has 3 N–H and O–H groups in total. The molecule has 5 heteroatoms. The monoisotopic (exact) mass is 248 g/mol. The first kappa shape index (κ1) is 9.35. The fourth-order valence-electron chi connectivity index (χ4n) is 0.753. The zero-order chi connectivity index (χ0) is 9.14. The van der Waals surface area contributed by atoms with Gasteiger partial charge in [0.05, 0.1) is 16.8 Å². The van der Waals surface area contributed by atoms with Gasteiger partial charge in [-0.15, -0.1) is 0 Å².